The minimum Gasteiger partial charge on any atom is -0.454 e. The van der Waals surface area contributed by atoms with E-state index in [4.69, 9.17) is 19.4 Å². The summed E-state index contributed by atoms with van der Waals surface area (Å²) in [4.78, 5) is 27.3. The molecular weight excluding hydrogens is 476 g/mol. The Morgan fingerprint density at radius 2 is 1.71 bits per heavy atom. The third kappa shape index (κ3) is 3.98. The van der Waals surface area contributed by atoms with Crippen molar-refractivity contribution in [2.45, 2.75) is 89.0 Å². The lowest BCUT2D eigenvalue weighted by atomic mass is 9.53. The first-order valence-corrected chi connectivity index (χ1v) is 14.3. The number of aromatic amines is 1. The fourth-order valence-electron chi connectivity index (χ4n) is 7.21. The van der Waals surface area contributed by atoms with Gasteiger partial charge >= 0.3 is 0 Å². The number of nitrogens with zero attached hydrogens (tertiary/aromatic N) is 2. The fourth-order valence-corrected chi connectivity index (χ4v) is 7.21. The van der Waals surface area contributed by atoms with Crippen LogP contribution < -0.4 is 14.8 Å². The van der Waals surface area contributed by atoms with Gasteiger partial charge in [-0.3, -0.25) is 9.78 Å². The Balaban J connectivity index is 1.19. The van der Waals surface area contributed by atoms with Crippen molar-refractivity contribution in [3.63, 3.8) is 0 Å². The Labute approximate surface area is 223 Å². The predicted molar refractivity (Wildman–Crippen MR) is 145 cm³/mol. The molecule has 3 aromatic rings. The van der Waals surface area contributed by atoms with E-state index < -0.39 is 0 Å². The van der Waals surface area contributed by atoms with Gasteiger partial charge in [-0.1, -0.05) is 25.3 Å². The second-order valence-corrected chi connectivity index (χ2v) is 11.9. The molecule has 1 aromatic carbocycles. The second-order valence-electron chi connectivity index (χ2n) is 11.9. The molecule has 2 aromatic heterocycles. The number of carbonyl (C=O) groups is 1. The van der Waals surface area contributed by atoms with Gasteiger partial charge in [-0.05, 0) is 88.6 Å². The molecule has 0 saturated heterocycles. The summed E-state index contributed by atoms with van der Waals surface area (Å²) in [6, 6.07) is 12.5. The van der Waals surface area contributed by atoms with Crippen LogP contribution >= 0.6 is 0 Å². The number of H-pyrrole nitrogens is 1. The molecule has 1 aliphatic heterocycles. The van der Waals surface area contributed by atoms with Crippen LogP contribution in [0, 0.1) is 12.3 Å². The van der Waals surface area contributed by atoms with E-state index in [-0.39, 0.29) is 17.6 Å². The van der Waals surface area contributed by atoms with Gasteiger partial charge in [-0.2, -0.15) is 0 Å². The van der Waals surface area contributed by atoms with Crippen LogP contribution in [0.2, 0.25) is 0 Å². The summed E-state index contributed by atoms with van der Waals surface area (Å²) in [5.41, 5.74) is 4.45. The molecule has 4 aliphatic carbocycles. The van der Waals surface area contributed by atoms with E-state index in [1.54, 1.807) is 0 Å². The minimum absolute atomic E-state index is 0.0277. The van der Waals surface area contributed by atoms with Gasteiger partial charge in [-0.25, -0.2) is 4.98 Å². The van der Waals surface area contributed by atoms with Gasteiger partial charge in [0, 0.05) is 28.1 Å². The quantitative estimate of drug-likeness (QED) is 0.424. The zero-order valence-electron chi connectivity index (χ0n) is 22.1. The Kier molecular flexibility index (Phi) is 5.71. The lowest BCUT2D eigenvalue weighted by Gasteiger charge is -2.51. The third-order valence-corrected chi connectivity index (χ3v) is 9.67. The topological polar surface area (TPSA) is 89.1 Å². The monoisotopic (exact) mass is 512 g/mol. The van der Waals surface area contributed by atoms with Gasteiger partial charge in [0.25, 0.3) is 0 Å². The molecule has 2 N–H and O–H groups in total. The normalized spacial score (nSPS) is 26.4. The number of carbonyl (C=O) groups excluding carboxylic acids is 1. The van der Waals surface area contributed by atoms with Crippen molar-refractivity contribution in [2.24, 2.45) is 5.41 Å². The van der Waals surface area contributed by atoms with E-state index in [0.717, 1.165) is 97.0 Å². The first kappa shape index (κ1) is 23.7. The van der Waals surface area contributed by atoms with E-state index in [1.807, 2.05) is 43.3 Å². The first-order valence-electron chi connectivity index (χ1n) is 14.3. The summed E-state index contributed by atoms with van der Waals surface area (Å²) in [5.74, 6) is 2.85. The molecule has 7 nitrogen and oxygen atoms in total. The molecule has 5 aliphatic rings. The largest absolute Gasteiger partial charge is 0.454 e. The number of hydrogen-bond donors (Lipinski definition) is 2. The summed E-state index contributed by atoms with van der Waals surface area (Å²) >= 11 is 0. The molecular formula is C31H36N4O3. The number of ether oxygens (including phenoxy) is 2. The smallest absolute Gasteiger partial charge is 0.231 e. The van der Waals surface area contributed by atoms with Gasteiger partial charge in [0.05, 0.1) is 17.1 Å². The van der Waals surface area contributed by atoms with Crippen LogP contribution in [0.3, 0.4) is 0 Å². The van der Waals surface area contributed by atoms with Crippen LogP contribution in [0.25, 0.3) is 22.6 Å². The van der Waals surface area contributed by atoms with Crippen LogP contribution in [-0.4, -0.2) is 33.7 Å². The maximum absolute atomic E-state index is 13.5. The molecule has 38 heavy (non-hydrogen) atoms. The van der Waals surface area contributed by atoms with Crippen molar-refractivity contribution in [3.05, 3.63) is 47.9 Å². The van der Waals surface area contributed by atoms with Crippen molar-refractivity contribution in [1.82, 2.24) is 20.3 Å². The molecule has 1 amide bonds. The number of fused-ring (bicyclic) bond motifs is 4. The Morgan fingerprint density at radius 3 is 2.47 bits per heavy atom. The van der Waals surface area contributed by atoms with Gasteiger partial charge in [0.15, 0.2) is 11.5 Å². The average Bonchev–Trinajstić information content (AvgIpc) is 3.62. The lowest BCUT2D eigenvalue weighted by molar-refractivity contribution is -0.139. The van der Waals surface area contributed by atoms with Crippen LogP contribution in [0.15, 0.2) is 36.4 Å². The van der Waals surface area contributed by atoms with E-state index in [0.29, 0.717) is 11.9 Å². The van der Waals surface area contributed by atoms with E-state index in [1.165, 1.54) is 19.3 Å². The molecule has 3 heterocycles. The van der Waals surface area contributed by atoms with Gasteiger partial charge < -0.3 is 19.8 Å². The summed E-state index contributed by atoms with van der Waals surface area (Å²) in [7, 11) is 0. The lowest BCUT2D eigenvalue weighted by Crippen LogP contribution is -2.53. The van der Waals surface area contributed by atoms with E-state index in [2.05, 4.69) is 10.3 Å². The molecule has 0 unspecified atom stereocenters. The molecule has 4 saturated carbocycles. The molecule has 198 valence electrons. The number of hydrogen-bond acceptors (Lipinski definition) is 5. The Bertz CT molecular complexity index is 1350. The highest BCUT2D eigenvalue weighted by molar-refractivity contribution is 5.83. The highest BCUT2D eigenvalue weighted by Crippen LogP contribution is 2.58. The highest BCUT2D eigenvalue weighted by atomic mass is 16.7. The number of pyridine rings is 1. The molecule has 7 heteroatoms. The van der Waals surface area contributed by atoms with Crippen molar-refractivity contribution < 1.29 is 14.3 Å². The zero-order chi connectivity index (χ0) is 25.7. The fraction of sp³-hybridized carbons (Fsp3) is 0.516. The summed E-state index contributed by atoms with van der Waals surface area (Å²) in [5, 5.41) is 3.45. The van der Waals surface area contributed by atoms with E-state index >= 15 is 0 Å². The average molecular weight is 513 g/mol. The summed E-state index contributed by atoms with van der Waals surface area (Å²) < 4.78 is 11.2. The first-order chi connectivity index (χ1) is 18.5. The molecule has 4 fully saturated rings. The van der Waals surface area contributed by atoms with Crippen LogP contribution in [0.5, 0.6) is 11.5 Å². The van der Waals surface area contributed by atoms with Crippen molar-refractivity contribution in [2.75, 3.05) is 6.79 Å². The summed E-state index contributed by atoms with van der Waals surface area (Å²) in [6.07, 6.45) is 11.8. The molecule has 2 bridgehead atoms. The SMILES string of the molecule is Cc1cccc(-c2[nH]c(C34CCC(C(=O)NC5CCCCC5)(CC3)CC4)nc2-c2ccc3c(c2)OCO3)n1. The molecule has 0 radical (unpaired) electrons. The molecule has 0 spiro atoms. The van der Waals surface area contributed by atoms with Crippen LogP contribution in [0.1, 0.15) is 82.1 Å². The van der Waals surface area contributed by atoms with Crippen LogP contribution in [0.4, 0.5) is 0 Å². The van der Waals surface area contributed by atoms with Gasteiger partial charge in [0.1, 0.15) is 5.82 Å². The van der Waals surface area contributed by atoms with Crippen LogP contribution in [-0.2, 0) is 10.2 Å². The number of amides is 1. The Hall–Kier alpha value is -3.35. The third-order valence-electron chi connectivity index (χ3n) is 9.67. The van der Waals surface area contributed by atoms with Crippen molar-refractivity contribution in [3.8, 4) is 34.1 Å². The number of rotatable bonds is 5. The number of nitrogens with one attached hydrogen (secondary N) is 2. The maximum atomic E-state index is 13.5. The Morgan fingerprint density at radius 1 is 0.947 bits per heavy atom. The predicted octanol–water partition coefficient (Wildman–Crippen LogP) is 6.22. The minimum atomic E-state index is -0.202. The van der Waals surface area contributed by atoms with Gasteiger partial charge in [-0.15, -0.1) is 0 Å². The highest BCUT2D eigenvalue weighted by Gasteiger charge is 2.54. The maximum Gasteiger partial charge on any atom is 0.231 e. The molecule has 8 rings (SSSR count). The number of aromatic nitrogens is 3. The number of aryl methyl sites for hydroxylation is 1. The van der Waals surface area contributed by atoms with Gasteiger partial charge in [0.2, 0.25) is 12.7 Å². The number of imidazole rings is 1. The second kappa shape index (κ2) is 9.14. The van der Waals surface area contributed by atoms with Crippen molar-refractivity contribution in [1.29, 1.82) is 0 Å². The summed E-state index contributed by atoms with van der Waals surface area (Å²) in [6.45, 7) is 2.26. The zero-order valence-corrected chi connectivity index (χ0v) is 22.1. The number of benzene rings is 1. The van der Waals surface area contributed by atoms with E-state index in [9.17, 15) is 4.79 Å². The van der Waals surface area contributed by atoms with Crippen molar-refractivity contribution >= 4 is 5.91 Å². The molecule has 0 atom stereocenters. The standard InChI is InChI=1S/C31H36N4O3/c1-20-6-5-9-23(32-20)27-26(21-10-11-24-25(18-21)38-19-37-24)34-28(35-27)30-12-15-31(16-13-30,17-14-30)29(36)33-22-7-3-2-4-8-22/h5-6,9-11,18,22H,2-4,7-8,12-17,19H2,1H3,(H,33,36)(H,34,35).